The van der Waals surface area contributed by atoms with Crippen LogP contribution in [0.25, 0.3) is 0 Å². The summed E-state index contributed by atoms with van der Waals surface area (Å²) in [6, 6.07) is 0. The number of ether oxygens (including phenoxy) is 1. The van der Waals surface area contributed by atoms with E-state index in [9.17, 15) is 0 Å². The van der Waals surface area contributed by atoms with Gasteiger partial charge in [-0.05, 0) is 45.2 Å². The molecule has 0 amide bonds. The normalized spacial score (nSPS) is 28.1. The number of hydrogen-bond acceptors (Lipinski definition) is 3. The van der Waals surface area contributed by atoms with Crippen LogP contribution in [-0.2, 0) is 4.74 Å². The van der Waals surface area contributed by atoms with Crippen LogP contribution in [0.1, 0.15) is 38.5 Å². The Labute approximate surface area is 106 Å². The molecule has 0 aromatic carbocycles. The van der Waals surface area contributed by atoms with E-state index in [1.807, 2.05) is 0 Å². The van der Waals surface area contributed by atoms with Crippen LogP contribution in [0, 0.1) is 5.41 Å². The van der Waals surface area contributed by atoms with E-state index in [0.29, 0.717) is 11.5 Å². The van der Waals surface area contributed by atoms with Crippen molar-refractivity contribution in [2.75, 3.05) is 40.3 Å². The zero-order chi connectivity index (χ0) is 12.1. The fraction of sp³-hybridized carbons (Fsp3) is 1.00. The van der Waals surface area contributed by atoms with Gasteiger partial charge < -0.3 is 15.0 Å². The van der Waals surface area contributed by atoms with Crippen LogP contribution >= 0.6 is 0 Å². The van der Waals surface area contributed by atoms with Gasteiger partial charge in [-0.25, -0.2) is 0 Å². The average molecular weight is 240 g/mol. The molecular formula is C14H28N2O. The molecule has 0 aromatic rings. The van der Waals surface area contributed by atoms with E-state index < -0.39 is 0 Å². The van der Waals surface area contributed by atoms with Gasteiger partial charge >= 0.3 is 0 Å². The van der Waals surface area contributed by atoms with Gasteiger partial charge in [0, 0.05) is 26.2 Å². The van der Waals surface area contributed by atoms with Crippen molar-refractivity contribution in [3.05, 3.63) is 0 Å². The van der Waals surface area contributed by atoms with Crippen LogP contribution in [-0.4, -0.2) is 51.3 Å². The number of nitrogens with one attached hydrogen (secondary N) is 1. The lowest BCUT2D eigenvalue weighted by Gasteiger charge is -2.34. The van der Waals surface area contributed by atoms with Crippen LogP contribution in [0.3, 0.4) is 0 Å². The first-order valence-electron chi connectivity index (χ1n) is 7.19. The van der Waals surface area contributed by atoms with Gasteiger partial charge in [0.15, 0.2) is 0 Å². The third kappa shape index (κ3) is 3.67. The topological polar surface area (TPSA) is 24.5 Å². The molecule has 1 aliphatic carbocycles. The van der Waals surface area contributed by atoms with Crippen molar-refractivity contribution in [2.24, 2.45) is 5.41 Å². The predicted molar refractivity (Wildman–Crippen MR) is 71.3 cm³/mol. The Morgan fingerprint density at radius 2 is 2.06 bits per heavy atom. The molecular weight excluding hydrogens is 212 g/mol. The maximum Gasteiger partial charge on any atom is 0.0702 e. The lowest BCUT2D eigenvalue weighted by molar-refractivity contribution is 0.0653. The molecule has 100 valence electrons. The van der Waals surface area contributed by atoms with Gasteiger partial charge in [0.2, 0.25) is 0 Å². The first-order valence-corrected chi connectivity index (χ1v) is 7.19. The van der Waals surface area contributed by atoms with Crippen molar-refractivity contribution < 1.29 is 4.74 Å². The van der Waals surface area contributed by atoms with Gasteiger partial charge in [-0.2, -0.15) is 0 Å². The molecule has 2 aliphatic rings. The molecule has 1 N–H and O–H groups in total. The highest BCUT2D eigenvalue weighted by atomic mass is 16.5. The van der Waals surface area contributed by atoms with E-state index in [0.717, 1.165) is 13.2 Å². The first-order chi connectivity index (χ1) is 8.24. The summed E-state index contributed by atoms with van der Waals surface area (Å²) in [5.74, 6) is 0. The Hall–Kier alpha value is -0.120. The third-order valence-corrected chi connectivity index (χ3v) is 4.36. The zero-order valence-corrected chi connectivity index (χ0v) is 11.5. The van der Waals surface area contributed by atoms with Gasteiger partial charge in [-0.1, -0.05) is 12.8 Å². The molecule has 1 aliphatic heterocycles. The Morgan fingerprint density at radius 1 is 1.29 bits per heavy atom. The van der Waals surface area contributed by atoms with Gasteiger partial charge in [-0.15, -0.1) is 0 Å². The summed E-state index contributed by atoms with van der Waals surface area (Å²) in [4.78, 5) is 2.50. The molecule has 0 spiro atoms. The number of rotatable bonds is 6. The molecule has 1 unspecified atom stereocenters. The van der Waals surface area contributed by atoms with Crippen molar-refractivity contribution >= 4 is 0 Å². The van der Waals surface area contributed by atoms with Crippen molar-refractivity contribution in [1.29, 1.82) is 0 Å². The van der Waals surface area contributed by atoms with E-state index >= 15 is 0 Å². The highest BCUT2D eigenvalue weighted by Gasteiger charge is 2.34. The smallest absolute Gasteiger partial charge is 0.0702 e. The fourth-order valence-corrected chi connectivity index (χ4v) is 3.66. The van der Waals surface area contributed by atoms with Gasteiger partial charge in [0.05, 0.1) is 6.10 Å². The minimum absolute atomic E-state index is 0.494. The van der Waals surface area contributed by atoms with Crippen LogP contribution < -0.4 is 5.32 Å². The zero-order valence-electron chi connectivity index (χ0n) is 11.5. The Balaban J connectivity index is 1.80. The second-order valence-corrected chi connectivity index (χ2v) is 6.07. The molecule has 0 aromatic heterocycles. The van der Waals surface area contributed by atoms with E-state index in [1.54, 1.807) is 0 Å². The van der Waals surface area contributed by atoms with Gasteiger partial charge in [-0.3, -0.25) is 0 Å². The summed E-state index contributed by atoms with van der Waals surface area (Å²) in [6.45, 7) is 4.49. The number of likely N-dealkylation sites (N-methyl/N-ethyl adjacent to an activating group) is 1. The molecule has 3 heteroatoms. The van der Waals surface area contributed by atoms with E-state index in [2.05, 4.69) is 24.3 Å². The molecule has 1 atom stereocenters. The Morgan fingerprint density at radius 3 is 2.65 bits per heavy atom. The summed E-state index contributed by atoms with van der Waals surface area (Å²) in [5.41, 5.74) is 0.530. The Kier molecular flexibility index (Phi) is 4.83. The molecule has 3 nitrogen and oxygen atoms in total. The predicted octanol–water partition coefficient (Wildman–Crippen LogP) is 1.88. The van der Waals surface area contributed by atoms with Gasteiger partial charge in [0.25, 0.3) is 0 Å². The summed E-state index contributed by atoms with van der Waals surface area (Å²) in [5, 5.41) is 3.39. The average Bonchev–Trinajstić information content (AvgIpc) is 2.90. The maximum absolute atomic E-state index is 5.72. The molecule has 2 fully saturated rings. The van der Waals surface area contributed by atoms with Crippen molar-refractivity contribution in [3.63, 3.8) is 0 Å². The van der Waals surface area contributed by atoms with Crippen LogP contribution in [0.4, 0.5) is 0 Å². The van der Waals surface area contributed by atoms with E-state index in [-0.39, 0.29) is 0 Å². The highest BCUT2D eigenvalue weighted by Crippen LogP contribution is 2.38. The highest BCUT2D eigenvalue weighted by molar-refractivity contribution is 4.89. The largest absolute Gasteiger partial charge is 0.377 e. The minimum atomic E-state index is 0.494. The fourth-order valence-electron chi connectivity index (χ4n) is 3.66. The van der Waals surface area contributed by atoms with Crippen molar-refractivity contribution in [3.8, 4) is 0 Å². The summed E-state index contributed by atoms with van der Waals surface area (Å²) in [7, 11) is 4.34. The van der Waals surface area contributed by atoms with Crippen molar-refractivity contribution in [1.82, 2.24) is 10.2 Å². The van der Waals surface area contributed by atoms with Crippen molar-refractivity contribution in [2.45, 2.75) is 44.6 Å². The molecule has 2 rings (SSSR count). The van der Waals surface area contributed by atoms with E-state index in [1.165, 1.54) is 51.6 Å². The quantitative estimate of drug-likeness (QED) is 0.767. The first kappa shape index (κ1) is 13.3. The summed E-state index contributed by atoms with van der Waals surface area (Å²) >= 11 is 0. The lowest BCUT2D eigenvalue weighted by atomic mass is 9.85. The number of nitrogens with zero attached hydrogens (tertiary/aromatic N) is 1. The monoisotopic (exact) mass is 240 g/mol. The van der Waals surface area contributed by atoms with Crippen LogP contribution in [0.2, 0.25) is 0 Å². The minimum Gasteiger partial charge on any atom is -0.377 e. The second-order valence-electron chi connectivity index (χ2n) is 6.07. The molecule has 17 heavy (non-hydrogen) atoms. The second kappa shape index (κ2) is 6.17. The molecule has 1 saturated carbocycles. The molecule has 0 bridgehead atoms. The number of hydrogen-bond donors (Lipinski definition) is 1. The molecule has 1 heterocycles. The standard InChI is InChI=1S/C14H28N2O/c1-15-11-14(7-3-4-8-14)12-16(2)10-13-6-5-9-17-13/h13,15H,3-12H2,1-2H3. The Bertz CT molecular complexity index is 220. The summed E-state index contributed by atoms with van der Waals surface area (Å²) in [6.07, 6.45) is 8.61. The van der Waals surface area contributed by atoms with Gasteiger partial charge in [0.1, 0.15) is 0 Å². The third-order valence-electron chi connectivity index (χ3n) is 4.36. The maximum atomic E-state index is 5.72. The SMILES string of the molecule is CNCC1(CN(C)CC2CCCO2)CCCC1. The van der Waals surface area contributed by atoms with Crippen LogP contribution in [0.5, 0.6) is 0 Å². The molecule has 1 saturated heterocycles. The molecule has 0 radical (unpaired) electrons. The lowest BCUT2D eigenvalue weighted by Crippen LogP contribution is -2.42. The summed E-state index contributed by atoms with van der Waals surface area (Å²) < 4.78 is 5.72. The van der Waals surface area contributed by atoms with E-state index in [4.69, 9.17) is 4.74 Å². The van der Waals surface area contributed by atoms with Crippen LogP contribution in [0.15, 0.2) is 0 Å².